The topological polar surface area (TPSA) is 17.8 Å². The molecule has 0 bridgehead atoms. The van der Waals surface area contributed by atoms with Crippen molar-refractivity contribution in [3.8, 4) is 0 Å². The molecule has 1 aliphatic rings. The van der Waals surface area contributed by atoms with Crippen molar-refractivity contribution in [3.63, 3.8) is 0 Å². The maximum absolute atomic E-state index is 13.6. The SMILES string of the molecule is CCC1(n2c(CCl)nc3cc(F)c(Cl)cc32)CCC1. The second-order valence-corrected chi connectivity index (χ2v) is 5.86. The minimum atomic E-state index is -0.431. The fraction of sp³-hybridized carbons (Fsp3) is 0.500. The molecule has 3 rings (SSSR count). The number of hydrogen-bond donors (Lipinski definition) is 0. The fourth-order valence-electron chi connectivity index (χ4n) is 3.06. The minimum absolute atomic E-state index is 0.0835. The van der Waals surface area contributed by atoms with E-state index in [1.165, 1.54) is 12.5 Å². The van der Waals surface area contributed by atoms with Crippen LogP contribution in [0.15, 0.2) is 12.1 Å². The van der Waals surface area contributed by atoms with Crippen molar-refractivity contribution in [2.45, 2.75) is 44.0 Å². The first kappa shape index (κ1) is 13.2. The van der Waals surface area contributed by atoms with Gasteiger partial charge in [-0.15, -0.1) is 11.6 Å². The summed E-state index contributed by atoms with van der Waals surface area (Å²) >= 11 is 11.9. The zero-order valence-electron chi connectivity index (χ0n) is 10.7. The molecule has 0 saturated heterocycles. The van der Waals surface area contributed by atoms with E-state index >= 15 is 0 Å². The van der Waals surface area contributed by atoms with E-state index in [0.29, 0.717) is 11.4 Å². The van der Waals surface area contributed by atoms with Gasteiger partial charge in [-0.3, -0.25) is 0 Å². The summed E-state index contributed by atoms with van der Waals surface area (Å²) in [5.41, 5.74) is 1.61. The molecule has 1 aromatic heterocycles. The molecule has 2 aromatic rings. The fourth-order valence-corrected chi connectivity index (χ4v) is 3.40. The second kappa shape index (κ2) is 4.64. The Kier molecular flexibility index (Phi) is 3.22. The highest BCUT2D eigenvalue weighted by molar-refractivity contribution is 6.31. The molecule has 19 heavy (non-hydrogen) atoms. The highest BCUT2D eigenvalue weighted by Gasteiger charge is 2.39. The van der Waals surface area contributed by atoms with Crippen LogP contribution in [0.25, 0.3) is 11.0 Å². The van der Waals surface area contributed by atoms with Gasteiger partial charge in [-0.2, -0.15) is 0 Å². The van der Waals surface area contributed by atoms with Crippen molar-refractivity contribution in [3.05, 3.63) is 28.8 Å². The summed E-state index contributed by atoms with van der Waals surface area (Å²) in [6.07, 6.45) is 4.48. The van der Waals surface area contributed by atoms with Gasteiger partial charge in [-0.25, -0.2) is 9.37 Å². The molecule has 1 aliphatic carbocycles. The molecule has 1 fully saturated rings. The van der Waals surface area contributed by atoms with Crippen LogP contribution in [-0.4, -0.2) is 9.55 Å². The van der Waals surface area contributed by atoms with Crippen molar-refractivity contribution in [1.82, 2.24) is 9.55 Å². The zero-order chi connectivity index (χ0) is 13.6. The van der Waals surface area contributed by atoms with E-state index in [2.05, 4.69) is 16.5 Å². The maximum atomic E-state index is 13.6. The standard InChI is InChI=1S/C14H15Cl2FN2/c1-2-14(4-3-5-14)19-12-6-9(16)10(17)7-11(12)18-13(19)8-15/h6-7H,2-5,8H2,1H3. The lowest BCUT2D eigenvalue weighted by Gasteiger charge is -2.44. The largest absolute Gasteiger partial charge is 0.321 e. The second-order valence-electron chi connectivity index (χ2n) is 5.18. The van der Waals surface area contributed by atoms with Gasteiger partial charge < -0.3 is 4.57 Å². The maximum Gasteiger partial charge on any atom is 0.144 e. The number of imidazole rings is 1. The number of halogens is 3. The first-order valence-corrected chi connectivity index (χ1v) is 7.45. The Balaban J connectivity index is 2.29. The summed E-state index contributed by atoms with van der Waals surface area (Å²) in [6.45, 7) is 2.17. The van der Waals surface area contributed by atoms with E-state index in [4.69, 9.17) is 23.2 Å². The Bertz CT molecular complexity index is 626. The van der Waals surface area contributed by atoms with Crippen LogP contribution in [0.4, 0.5) is 4.39 Å². The Labute approximate surface area is 121 Å². The van der Waals surface area contributed by atoms with Crippen LogP contribution >= 0.6 is 23.2 Å². The monoisotopic (exact) mass is 300 g/mol. The van der Waals surface area contributed by atoms with Gasteiger partial charge in [-0.05, 0) is 31.7 Å². The number of fused-ring (bicyclic) bond motifs is 1. The number of nitrogens with zero attached hydrogens (tertiary/aromatic N) is 2. The lowest BCUT2D eigenvalue weighted by Crippen LogP contribution is -2.40. The molecule has 0 N–H and O–H groups in total. The zero-order valence-corrected chi connectivity index (χ0v) is 12.2. The van der Waals surface area contributed by atoms with Crippen LogP contribution in [0.3, 0.4) is 0 Å². The van der Waals surface area contributed by atoms with Gasteiger partial charge in [0.2, 0.25) is 0 Å². The highest BCUT2D eigenvalue weighted by Crippen LogP contribution is 2.45. The minimum Gasteiger partial charge on any atom is -0.321 e. The molecule has 1 aromatic carbocycles. The average molecular weight is 301 g/mol. The Morgan fingerprint density at radius 2 is 2.16 bits per heavy atom. The van der Waals surface area contributed by atoms with E-state index in [0.717, 1.165) is 30.6 Å². The number of alkyl halides is 1. The summed E-state index contributed by atoms with van der Waals surface area (Å²) < 4.78 is 15.7. The third kappa shape index (κ3) is 1.86. The van der Waals surface area contributed by atoms with Crippen molar-refractivity contribution < 1.29 is 4.39 Å². The summed E-state index contributed by atoms with van der Waals surface area (Å²) in [5, 5.41) is 0.139. The van der Waals surface area contributed by atoms with Crippen LogP contribution in [-0.2, 0) is 11.4 Å². The molecular weight excluding hydrogens is 286 g/mol. The summed E-state index contributed by atoms with van der Waals surface area (Å²) in [4.78, 5) is 4.46. The molecule has 0 spiro atoms. The molecule has 1 saturated carbocycles. The Morgan fingerprint density at radius 1 is 1.42 bits per heavy atom. The number of hydrogen-bond acceptors (Lipinski definition) is 1. The van der Waals surface area contributed by atoms with Crippen molar-refractivity contribution in [2.24, 2.45) is 0 Å². The summed E-state index contributed by atoms with van der Waals surface area (Å²) in [6, 6.07) is 3.07. The van der Waals surface area contributed by atoms with E-state index in [1.807, 2.05) is 0 Å². The van der Waals surface area contributed by atoms with Gasteiger partial charge in [0, 0.05) is 11.6 Å². The predicted octanol–water partition coefficient (Wildman–Crippen LogP) is 4.86. The van der Waals surface area contributed by atoms with Gasteiger partial charge in [0.05, 0.1) is 21.9 Å². The lowest BCUT2D eigenvalue weighted by molar-refractivity contribution is 0.138. The first-order chi connectivity index (χ1) is 9.11. The smallest absolute Gasteiger partial charge is 0.144 e. The van der Waals surface area contributed by atoms with Gasteiger partial charge in [0.25, 0.3) is 0 Å². The van der Waals surface area contributed by atoms with E-state index in [-0.39, 0.29) is 10.6 Å². The van der Waals surface area contributed by atoms with Crippen LogP contribution in [0.1, 0.15) is 38.4 Å². The summed E-state index contributed by atoms with van der Waals surface area (Å²) in [7, 11) is 0. The van der Waals surface area contributed by atoms with Crippen LogP contribution in [0.2, 0.25) is 5.02 Å². The molecule has 0 unspecified atom stereocenters. The average Bonchev–Trinajstić information content (AvgIpc) is 2.68. The molecule has 5 heteroatoms. The molecular formula is C14H15Cl2FN2. The molecule has 0 radical (unpaired) electrons. The quantitative estimate of drug-likeness (QED) is 0.740. The molecule has 0 amide bonds. The van der Waals surface area contributed by atoms with Crippen LogP contribution in [0.5, 0.6) is 0 Å². The van der Waals surface area contributed by atoms with Gasteiger partial charge >= 0.3 is 0 Å². The molecule has 1 heterocycles. The highest BCUT2D eigenvalue weighted by atomic mass is 35.5. The third-order valence-electron chi connectivity index (χ3n) is 4.30. The normalized spacial score (nSPS) is 17.7. The van der Waals surface area contributed by atoms with Gasteiger partial charge in [-0.1, -0.05) is 18.5 Å². The first-order valence-electron chi connectivity index (χ1n) is 6.54. The molecule has 2 nitrogen and oxygen atoms in total. The van der Waals surface area contributed by atoms with Crippen molar-refractivity contribution >= 4 is 34.2 Å². The van der Waals surface area contributed by atoms with E-state index < -0.39 is 5.82 Å². The number of rotatable bonds is 3. The predicted molar refractivity (Wildman–Crippen MR) is 76.4 cm³/mol. The molecule has 0 aliphatic heterocycles. The Hall–Kier alpha value is -0.800. The van der Waals surface area contributed by atoms with Crippen molar-refractivity contribution in [2.75, 3.05) is 0 Å². The van der Waals surface area contributed by atoms with E-state index in [1.54, 1.807) is 6.07 Å². The third-order valence-corrected chi connectivity index (χ3v) is 4.83. The van der Waals surface area contributed by atoms with Crippen LogP contribution < -0.4 is 0 Å². The van der Waals surface area contributed by atoms with Crippen LogP contribution in [0, 0.1) is 5.82 Å². The van der Waals surface area contributed by atoms with E-state index in [9.17, 15) is 4.39 Å². The molecule has 0 atom stereocenters. The number of aromatic nitrogens is 2. The number of benzene rings is 1. The lowest BCUT2D eigenvalue weighted by atomic mass is 9.74. The van der Waals surface area contributed by atoms with Gasteiger partial charge in [0.15, 0.2) is 0 Å². The van der Waals surface area contributed by atoms with Crippen molar-refractivity contribution in [1.29, 1.82) is 0 Å². The van der Waals surface area contributed by atoms with Gasteiger partial charge in [0.1, 0.15) is 11.6 Å². The molecule has 102 valence electrons. The Morgan fingerprint density at radius 3 is 2.68 bits per heavy atom. The summed E-state index contributed by atoms with van der Waals surface area (Å²) in [5.74, 6) is 0.703.